The van der Waals surface area contributed by atoms with Gasteiger partial charge >= 0.3 is 0 Å². The van der Waals surface area contributed by atoms with Crippen LogP contribution in [-0.2, 0) is 0 Å². The van der Waals surface area contributed by atoms with Crippen molar-refractivity contribution in [3.05, 3.63) is 22.9 Å². The summed E-state index contributed by atoms with van der Waals surface area (Å²) in [6.07, 6.45) is 4.80. The lowest BCUT2D eigenvalue weighted by Crippen LogP contribution is -1.89. The Labute approximate surface area is 87.6 Å². The third-order valence-corrected chi connectivity index (χ3v) is 7.69. The molecule has 0 fully saturated rings. The molecule has 0 atom stereocenters. The molecule has 0 amide bonds. The maximum absolute atomic E-state index is 2.40. The standard InChI is InChI=1S/C10H10S3/c1-13(2)7-3-5-11-9(7)10-8(13)4-6-12-10/h3-6H,1-2H3. The van der Waals surface area contributed by atoms with E-state index in [1.165, 1.54) is 9.75 Å². The zero-order valence-corrected chi connectivity index (χ0v) is 9.98. The van der Waals surface area contributed by atoms with Gasteiger partial charge in [0.15, 0.2) is 0 Å². The zero-order valence-electron chi connectivity index (χ0n) is 7.53. The van der Waals surface area contributed by atoms with Crippen molar-refractivity contribution in [1.82, 2.24) is 0 Å². The molecular weight excluding hydrogens is 216 g/mol. The van der Waals surface area contributed by atoms with Crippen LogP contribution in [0.5, 0.6) is 0 Å². The number of rotatable bonds is 0. The van der Waals surface area contributed by atoms with Crippen LogP contribution in [0.4, 0.5) is 0 Å². The second kappa shape index (κ2) is 2.41. The van der Waals surface area contributed by atoms with Crippen LogP contribution in [0.25, 0.3) is 9.75 Å². The Kier molecular flexibility index (Phi) is 1.50. The summed E-state index contributed by atoms with van der Waals surface area (Å²) in [6.45, 7) is 0. The van der Waals surface area contributed by atoms with Crippen molar-refractivity contribution >= 4 is 32.7 Å². The van der Waals surface area contributed by atoms with Gasteiger partial charge in [0.1, 0.15) is 0 Å². The third-order valence-electron chi connectivity index (χ3n) is 2.56. The van der Waals surface area contributed by atoms with E-state index in [9.17, 15) is 0 Å². The molecule has 3 heteroatoms. The second-order valence-electron chi connectivity index (χ2n) is 3.55. The van der Waals surface area contributed by atoms with Gasteiger partial charge in [0, 0.05) is 9.79 Å². The van der Waals surface area contributed by atoms with Crippen LogP contribution >= 0.6 is 32.7 Å². The quantitative estimate of drug-likeness (QED) is 0.629. The van der Waals surface area contributed by atoms with Crippen molar-refractivity contribution in [3.63, 3.8) is 0 Å². The molecule has 0 unspecified atom stereocenters. The summed E-state index contributed by atoms with van der Waals surface area (Å²) in [5.74, 6) is 0. The van der Waals surface area contributed by atoms with Crippen LogP contribution in [-0.4, -0.2) is 12.5 Å². The summed E-state index contributed by atoms with van der Waals surface area (Å²) < 4.78 is 0. The highest BCUT2D eigenvalue weighted by Gasteiger charge is 2.33. The van der Waals surface area contributed by atoms with E-state index in [0.29, 0.717) is 0 Å². The van der Waals surface area contributed by atoms with Crippen molar-refractivity contribution in [1.29, 1.82) is 0 Å². The summed E-state index contributed by atoms with van der Waals surface area (Å²) in [6, 6.07) is 4.62. The Morgan fingerprint density at radius 1 is 0.923 bits per heavy atom. The molecule has 0 nitrogen and oxygen atoms in total. The Morgan fingerprint density at radius 2 is 1.38 bits per heavy atom. The average molecular weight is 226 g/mol. The minimum atomic E-state index is -0.657. The first kappa shape index (κ1) is 8.09. The van der Waals surface area contributed by atoms with Gasteiger partial charge < -0.3 is 0 Å². The lowest BCUT2D eigenvalue weighted by atomic mass is 10.4. The maximum Gasteiger partial charge on any atom is 0.0577 e. The number of thiophene rings is 2. The molecule has 0 aliphatic carbocycles. The molecule has 1 aliphatic heterocycles. The third kappa shape index (κ3) is 0.874. The van der Waals surface area contributed by atoms with Crippen LogP contribution in [0, 0.1) is 0 Å². The highest BCUT2D eigenvalue weighted by molar-refractivity contribution is 8.33. The molecule has 0 N–H and O–H groups in total. The Balaban J connectivity index is 2.44. The summed E-state index contributed by atoms with van der Waals surface area (Å²) in [4.78, 5) is 6.26. The van der Waals surface area contributed by atoms with Crippen LogP contribution in [0.1, 0.15) is 0 Å². The monoisotopic (exact) mass is 226 g/mol. The van der Waals surface area contributed by atoms with Crippen LogP contribution in [0.15, 0.2) is 32.7 Å². The van der Waals surface area contributed by atoms with Crippen LogP contribution < -0.4 is 0 Å². The summed E-state index contributed by atoms with van der Waals surface area (Å²) in [7, 11) is -0.657. The topological polar surface area (TPSA) is 0 Å². The molecular formula is C10H10S3. The summed E-state index contributed by atoms with van der Waals surface area (Å²) >= 11 is 3.79. The Morgan fingerprint density at radius 3 is 1.85 bits per heavy atom. The number of hydrogen-bond acceptors (Lipinski definition) is 2. The molecule has 0 radical (unpaired) electrons. The van der Waals surface area contributed by atoms with E-state index in [1.807, 2.05) is 22.7 Å². The molecule has 0 bridgehead atoms. The zero-order chi connectivity index (χ0) is 9.05. The summed E-state index contributed by atoms with van der Waals surface area (Å²) in [5.41, 5.74) is 0. The smallest absolute Gasteiger partial charge is 0.0577 e. The molecule has 0 saturated carbocycles. The van der Waals surface area contributed by atoms with Gasteiger partial charge in [-0.25, -0.2) is 0 Å². The fourth-order valence-corrected chi connectivity index (χ4v) is 7.64. The Hall–Kier alpha value is -0.250. The first-order valence-electron chi connectivity index (χ1n) is 4.10. The van der Waals surface area contributed by atoms with E-state index in [1.54, 1.807) is 9.79 Å². The van der Waals surface area contributed by atoms with Crippen LogP contribution in [0.3, 0.4) is 0 Å². The maximum atomic E-state index is 2.40. The van der Waals surface area contributed by atoms with E-state index in [-0.39, 0.29) is 0 Å². The first-order chi connectivity index (χ1) is 6.21. The highest BCUT2D eigenvalue weighted by atomic mass is 32.3. The highest BCUT2D eigenvalue weighted by Crippen LogP contribution is 2.69. The molecule has 3 heterocycles. The van der Waals surface area contributed by atoms with Gasteiger partial charge in [-0.05, 0) is 35.4 Å². The minimum Gasteiger partial charge on any atom is -0.191 e. The molecule has 0 spiro atoms. The van der Waals surface area contributed by atoms with Gasteiger partial charge in [-0.1, -0.05) is 0 Å². The normalized spacial score (nSPS) is 19.5. The largest absolute Gasteiger partial charge is 0.191 e. The molecule has 0 aromatic carbocycles. The van der Waals surface area contributed by atoms with E-state index in [0.717, 1.165) is 0 Å². The molecule has 68 valence electrons. The fraction of sp³-hybridized carbons (Fsp3) is 0.200. The molecule has 0 saturated heterocycles. The lowest BCUT2D eigenvalue weighted by Gasteiger charge is -2.25. The van der Waals surface area contributed by atoms with Crippen molar-refractivity contribution in [3.8, 4) is 9.75 Å². The lowest BCUT2D eigenvalue weighted by molar-refractivity contribution is 1.55. The van der Waals surface area contributed by atoms with Gasteiger partial charge in [0.25, 0.3) is 0 Å². The van der Waals surface area contributed by atoms with Gasteiger partial charge in [-0.15, -0.1) is 22.7 Å². The van der Waals surface area contributed by atoms with Gasteiger partial charge in [-0.2, -0.15) is 10.0 Å². The molecule has 1 aliphatic rings. The molecule has 2 aromatic heterocycles. The average Bonchev–Trinajstić information content (AvgIpc) is 2.74. The van der Waals surface area contributed by atoms with E-state index in [2.05, 4.69) is 35.4 Å². The Bertz CT molecular complexity index is 420. The van der Waals surface area contributed by atoms with Crippen molar-refractivity contribution in [2.24, 2.45) is 0 Å². The number of fused-ring (bicyclic) bond motifs is 3. The first-order valence-corrected chi connectivity index (χ1v) is 8.31. The van der Waals surface area contributed by atoms with Crippen LogP contribution in [0.2, 0.25) is 0 Å². The van der Waals surface area contributed by atoms with Crippen molar-refractivity contribution in [2.75, 3.05) is 12.5 Å². The van der Waals surface area contributed by atoms with E-state index >= 15 is 0 Å². The molecule has 3 rings (SSSR count). The molecule has 13 heavy (non-hydrogen) atoms. The second-order valence-corrected chi connectivity index (χ2v) is 8.92. The van der Waals surface area contributed by atoms with E-state index in [4.69, 9.17) is 0 Å². The predicted octanol–water partition coefficient (Wildman–Crippen LogP) is 4.27. The summed E-state index contributed by atoms with van der Waals surface area (Å²) in [5, 5.41) is 4.45. The van der Waals surface area contributed by atoms with Crippen molar-refractivity contribution < 1.29 is 0 Å². The predicted molar refractivity (Wildman–Crippen MR) is 63.6 cm³/mol. The van der Waals surface area contributed by atoms with Gasteiger partial charge in [0.2, 0.25) is 0 Å². The van der Waals surface area contributed by atoms with Crippen molar-refractivity contribution in [2.45, 2.75) is 9.79 Å². The molecule has 2 aromatic rings. The van der Waals surface area contributed by atoms with Gasteiger partial charge in [0.05, 0.1) is 9.75 Å². The SMILES string of the molecule is CS1(C)c2ccsc2-c2sccc21. The fourth-order valence-electron chi connectivity index (χ4n) is 1.85. The van der Waals surface area contributed by atoms with Gasteiger partial charge in [-0.3, -0.25) is 0 Å². The van der Waals surface area contributed by atoms with E-state index < -0.39 is 10.0 Å². The minimum absolute atomic E-state index is 0.657. The number of hydrogen-bond donors (Lipinski definition) is 0.